The van der Waals surface area contributed by atoms with E-state index in [1.807, 2.05) is 6.07 Å². The van der Waals surface area contributed by atoms with Gasteiger partial charge in [-0.25, -0.2) is 0 Å². The maximum absolute atomic E-state index is 10.5. The average Bonchev–Trinajstić information content (AvgIpc) is 2.55. The molecule has 4 heteroatoms. The Hall–Kier alpha value is -1.29. The lowest BCUT2D eigenvalue weighted by atomic mass is 10.3. The molecule has 0 atom stereocenters. The van der Waals surface area contributed by atoms with Crippen LogP contribution in [-0.4, -0.2) is 19.0 Å². The molecule has 1 amide bonds. The van der Waals surface area contributed by atoms with E-state index in [2.05, 4.69) is 10.6 Å². The highest BCUT2D eigenvalue weighted by Gasteiger charge is 1.93. The fraction of sp³-hybridized carbons (Fsp3) is 0.444. The van der Waals surface area contributed by atoms with Gasteiger partial charge in [0.15, 0.2) is 0 Å². The van der Waals surface area contributed by atoms with Gasteiger partial charge in [-0.15, -0.1) is 0 Å². The predicted molar refractivity (Wildman–Crippen MR) is 49.1 cm³/mol. The summed E-state index contributed by atoms with van der Waals surface area (Å²) >= 11 is 0. The smallest absolute Gasteiger partial charge is 0.216 e. The molecule has 0 saturated heterocycles. The van der Waals surface area contributed by atoms with Crippen molar-refractivity contribution in [3.63, 3.8) is 0 Å². The predicted octanol–water partition coefficient (Wildman–Crippen LogP) is 0.505. The molecule has 0 fully saturated rings. The van der Waals surface area contributed by atoms with Gasteiger partial charge < -0.3 is 15.1 Å². The molecule has 4 nitrogen and oxygen atoms in total. The van der Waals surface area contributed by atoms with Crippen LogP contribution < -0.4 is 10.6 Å². The summed E-state index contributed by atoms with van der Waals surface area (Å²) in [5.74, 6) is 0.00473. The highest BCUT2D eigenvalue weighted by molar-refractivity contribution is 5.72. The van der Waals surface area contributed by atoms with Crippen molar-refractivity contribution < 1.29 is 9.21 Å². The highest BCUT2D eigenvalue weighted by atomic mass is 16.3. The molecule has 0 aromatic carbocycles. The molecular formula is C9H14N2O2. The zero-order valence-corrected chi connectivity index (χ0v) is 7.67. The van der Waals surface area contributed by atoms with Crippen molar-refractivity contribution in [2.75, 3.05) is 13.1 Å². The summed E-state index contributed by atoms with van der Waals surface area (Å²) in [5, 5.41) is 5.87. The van der Waals surface area contributed by atoms with Crippen LogP contribution in [0.5, 0.6) is 0 Å². The summed E-state index contributed by atoms with van der Waals surface area (Å²) in [6.07, 6.45) is 3.34. The third-order valence-electron chi connectivity index (χ3n) is 1.58. The molecule has 0 unspecified atom stereocenters. The van der Waals surface area contributed by atoms with Crippen LogP contribution in [0.3, 0.4) is 0 Å². The van der Waals surface area contributed by atoms with Crippen LogP contribution in [0, 0.1) is 0 Å². The highest BCUT2D eigenvalue weighted by Crippen LogP contribution is 1.97. The van der Waals surface area contributed by atoms with Crippen LogP contribution in [-0.2, 0) is 11.3 Å². The van der Waals surface area contributed by atoms with Gasteiger partial charge in [-0.3, -0.25) is 4.79 Å². The third-order valence-corrected chi connectivity index (χ3v) is 1.58. The second-order valence-corrected chi connectivity index (χ2v) is 2.79. The molecule has 72 valence electrons. The van der Waals surface area contributed by atoms with E-state index in [0.29, 0.717) is 6.54 Å². The Morgan fingerprint density at radius 2 is 2.38 bits per heavy atom. The van der Waals surface area contributed by atoms with E-state index in [-0.39, 0.29) is 5.91 Å². The molecule has 1 aromatic rings. The Balaban J connectivity index is 1.99. The molecule has 0 aliphatic rings. The minimum atomic E-state index is 0.00473. The summed E-state index contributed by atoms with van der Waals surface area (Å²) in [4.78, 5) is 10.5. The Kier molecular flexibility index (Phi) is 4.05. The van der Waals surface area contributed by atoms with Crippen LogP contribution in [0.15, 0.2) is 23.0 Å². The van der Waals surface area contributed by atoms with E-state index in [4.69, 9.17) is 4.42 Å². The quantitative estimate of drug-likeness (QED) is 0.652. The largest absolute Gasteiger partial charge is 0.472 e. The number of hydrogen-bond acceptors (Lipinski definition) is 3. The van der Waals surface area contributed by atoms with Crippen molar-refractivity contribution in [3.05, 3.63) is 24.2 Å². The molecule has 1 heterocycles. The van der Waals surface area contributed by atoms with Gasteiger partial charge in [-0.2, -0.15) is 0 Å². The van der Waals surface area contributed by atoms with E-state index in [1.165, 1.54) is 6.92 Å². The Labute approximate surface area is 77.3 Å². The lowest BCUT2D eigenvalue weighted by molar-refractivity contribution is -0.118. The minimum Gasteiger partial charge on any atom is -0.472 e. The number of nitrogens with one attached hydrogen (secondary N) is 2. The number of carbonyl (C=O) groups excluding carboxylic acids is 1. The molecule has 1 rings (SSSR count). The first kappa shape index (κ1) is 9.80. The van der Waals surface area contributed by atoms with E-state index in [1.54, 1.807) is 12.5 Å². The van der Waals surface area contributed by atoms with Crippen LogP contribution in [0.25, 0.3) is 0 Å². The van der Waals surface area contributed by atoms with Crippen LogP contribution in [0.4, 0.5) is 0 Å². The summed E-state index contributed by atoms with van der Waals surface area (Å²) in [7, 11) is 0. The van der Waals surface area contributed by atoms with Crippen LogP contribution in [0.2, 0.25) is 0 Å². The molecule has 0 bridgehead atoms. The van der Waals surface area contributed by atoms with Gasteiger partial charge in [0.25, 0.3) is 0 Å². The monoisotopic (exact) mass is 182 g/mol. The lowest BCUT2D eigenvalue weighted by Crippen LogP contribution is -2.29. The topological polar surface area (TPSA) is 54.3 Å². The number of hydrogen-bond donors (Lipinski definition) is 2. The standard InChI is InChI=1S/C9H14N2O2/c1-8(12)11-4-3-10-6-9-2-5-13-7-9/h2,5,7,10H,3-4,6H2,1H3,(H,11,12). The van der Waals surface area contributed by atoms with E-state index in [0.717, 1.165) is 18.7 Å². The average molecular weight is 182 g/mol. The summed E-state index contributed by atoms with van der Waals surface area (Å²) in [6.45, 7) is 3.71. The van der Waals surface area contributed by atoms with Crippen molar-refractivity contribution in [1.82, 2.24) is 10.6 Å². The van der Waals surface area contributed by atoms with Crippen molar-refractivity contribution in [2.24, 2.45) is 0 Å². The maximum Gasteiger partial charge on any atom is 0.216 e. The first-order valence-electron chi connectivity index (χ1n) is 4.25. The SMILES string of the molecule is CC(=O)NCCNCc1ccoc1. The van der Waals surface area contributed by atoms with Gasteiger partial charge in [-0.1, -0.05) is 0 Å². The Bertz CT molecular complexity index is 244. The Morgan fingerprint density at radius 1 is 1.54 bits per heavy atom. The van der Waals surface area contributed by atoms with Gasteiger partial charge in [0.2, 0.25) is 5.91 Å². The number of carbonyl (C=O) groups is 1. The fourth-order valence-corrected chi connectivity index (χ4v) is 0.953. The number of furan rings is 1. The van der Waals surface area contributed by atoms with Crippen LogP contribution >= 0.6 is 0 Å². The van der Waals surface area contributed by atoms with Crippen molar-refractivity contribution in [3.8, 4) is 0 Å². The third kappa shape index (κ3) is 4.32. The molecule has 0 radical (unpaired) electrons. The molecular weight excluding hydrogens is 168 g/mol. The van der Waals surface area contributed by atoms with Crippen molar-refractivity contribution in [1.29, 1.82) is 0 Å². The van der Waals surface area contributed by atoms with Gasteiger partial charge >= 0.3 is 0 Å². The molecule has 0 saturated carbocycles. The van der Waals surface area contributed by atoms with Gasteiger partial charge in [0.05, 0.1) is 12.5 Å². The zero-order chi connectivity index (χ0) is 9.52. The summed E-state index contributed by atoms with van der Waals surface area (Å²) < 4.78 is 4.90. The maximum atomic E-state index is 10.5. The molecule has 1 aromatic heterocycles. The number of rotatable bonds is 5. The van der Waals surface area contributed by atoms with E-state index < -0.39 is 0 Å². The fourth-order valence-electron chi connectivity index (χ4n) is 0.953. The van der Waals surface area contributed by atoms with Gasteiger partial charge in [0.1, 0.15) is 0 Å². The first-order chi connectivity index (χ1) is 6.29. The van der Waals surface area contributed by atoms with Crippen LogP contribution in [0.1, 0.15) is 12.5 Å². The Morgan fingerprint density at radius 3 is 3.00 bits per heavy atom. The second kappa shape index (κ2) is 5.37. The van der Waals surface area contributed by atoms with Crippen molar-refractivity contribution >= 4 is 5.91 Å². The summed E-state index contributed by atoms with van der Waals surface area (Å²) in [5.41, 5.74) is 1.11. The lowest BCUT2D eigenvalue weighted by Gasteiger charge is -2.02. The molecule has 0 aliphatic carbocycles. The van der Waals surface area contributed by atoms with E-state index in [9.17, 15) is 4.79 Å². The first-order valence-corrected chi connectivity index (χ1v) is 4.25. The zero-order valence-electron chi connectivity index (χ0n) is 7.67. The van der Waals surface area contributed by atoms with Gasteiger partial charge in [-0.05, 0) is 6.07 Å². The van der Waals surface area contributed by atoms with Crippen molar-refractivity contribution in [2.45, 2.75) is 13.5 Å². The number of amides is 1. The molecule has 0 aliphatic heterocycles. The van der Waals surface area contributed by atoms with E-state index >= 15 is 0 Å². The normalized spacial score (nSPS) is 9.92. The molecule has 13 heavy (non-hydrogen) atoms. The molecule has 2 N–H and O–H groups in total. The summed E-state index contributed by atoms with van der Waals surface area (Å²) in [6, 6.07) is 1.91. The van der Waals surface area contributed by atoms with Gasteiger partial charge in [0, 0.05) is 32.1 Å². The molecule has 0 spiro atoms. The second-order valence-electron chi connectivity index (χ2n) is 2.79. The minimum absolute atomic E-state index is 0.00473.